The zero-order valence-electron chi connectivity index (χ0n) is 11.9. The van der Waals surface area contributed by atoms with Gasteiger partial charge in [-0.25, -0.2) is 15.0 Å². The van der Waals surface area contributed by atoms with Gasteiger partial charge < -0.3 is 5.32 Å². The molecule has 1 unspecified atom stereocenters. The molecule has 0 aliphatic heterocycles. The molecule has 0 fully saturated rings. The summed E-state index contributed by atoms with van der Waals surface area (Å²) in [5.41, 5.74) is 3.94. The Morgan fingerprint density at radius 1 is 1.21 bits per heavy atom. The van der Waals surface area contributed by atoms with Crippen molar-refractivity contribution in [2.75, 3.05) is 6.54 Å². The van der Waals surface area contributed by atoms with Gasteiger partial charge in [0.2, 0.25) is 0 Å². The molecule has 0 aliphatic rings. The highest BCUT2D eigenvalue weighted by molar-refractivity contribution is 5.49. The van der Waals surface area contributed by atoms with Crippen LogP contribution in [0.3, 0.4) is 0 Å². The molecule has 0 saturated carbocycles. The second-order valence-corrected chi connectivity index (χ2v) is 4.68. The van der Waals surface area contributed by atoms with Crippen LogP contribution in [0.15, 0.2) is 24.4 Å². The average molecular weight is 256 g/mol. The highest BCUT2D eigenvalue weighted by Crippen LogP contribution is 2.18. The SMILES string of the molecule is CCNC(C)c1cnc(-c2cccc(C)n2)nc1C. The maximum atomic E-state index is 4.57. The Morgan fingerprint density at radius 3 is 2.63 bits per heavy atom. The lowest BCUT2D eigenvalue weighted by atomic mass is 10.1. The number of hydrogen-bond donors (Lipinski definition) is 1. The Kier molecular flexibility index (Phi) is 4.22. The molecular formula is C15H20N4. The molecule has 0 spiro atoms. The molecule has 0 amide bonds. The molecule has 4 heteroatoms. The van der Waals surface area contributed by atoms with Gasteiger partial charge >= 0.3 is 0 Å². The van der Waals surface area contributed by atoms with Gasteiger partial charge in [0.25, 0.3) is 0 Å². The molecule has 1 N–H and O–H groups in total. The highest BCUT2D eigenvalue weighted by atomic mass is 14.9. The molecule has 0 saturated heterocycles. The minimum atomic E-state index is 0.268. The Labute approximate surface area is 114 Å². The fraction of sp³-hybridized carbons (Fsp3) is 0.400. The van der Waals surface area contributed by atoms with Gasteiger partial charge in [-0.1, -0.05) is 13.0 Å². The summed E-state index contributed by atoms with van der Waals surface area (Å²) in [5, 5.41) is 3.38. The van der Waals surface area contributed by atoms with Crippen LogP contribution in [0.4, 0.5) is 0 Å². The van der Waals surface area contributed by atoms with Gasteiger partial charge in [-0.15, -0.1) is 0 Å². The van der Waals surface area contributed by atoms with Crippen LogP contribution in [-0.4, -0.2) is 21.5 Å². The molecule has 0 bridgehead atoms. The Hall–Kier alpha value is -1.81. The first kappa shape index (κ1) is 13.6. The minimum Gasteiger partial charge on any atom is -0.310 e. The molecule has 1 atom stereocenters. The van der Waals surface area contributed by atoms with Gasteiger partial charge in [-0.2, -0.15) is 0 Å². The van der Waals surface area contributed by atoms with E-state index in [0.717, 1.165) is 29.2 Å². The summed E-state index contributed by atoms with van der Waals surface area (Å²) in [6.07, 6.45) is 1.90. The molecule has 0 radical (unpaired) electrons. The second-order valence-electron chi connectivity index (χ2n) is 4.68. The lowest BCUT2D eigenvalue weighted by Gasteiger charge is -2.14. The summed E-state index contributed by atoms with van der Waals surface area (Å²) < 4.78 is 0. The van der Waals surface area contributed by atoms with Gasteiger partial charge in [0.15, 0.2) is 5.82 Å². The van der Waals surface area contributed by atoms with Crippen molar-refractivity contribution >= 4 is 0 Å². The van der Waals surface area contributed by atoms with Crippen LogP contribution in [-0.2, 0) is 0 Å². The zero-order valence-corrected chi connectivity index (χ0v) is 11.9. The van der Waals surface area contributed by atoms with E-state index in [-0.39, 0.29) is 6.04 Å². The van der Waals surface area contributed by atoms with Crippen molar-refractivity contribution in [1.82, 2.24) is 20.3 Å². The van der Waals surface area contributed by atoms with E-state index in [9.17, 15) is 0 Å². The number of aryl methyl sites for hydroxylation is 2. The topological polar surface area (TPSA) is 50.7 Å². The fourth-order valence-electron chi connectivity index (χ4n) is 2.11. The van der Waals surface area contributed by atoms with E-state index in [1.807, 2.05) is 38.2 Å². The van der Waals surface area contributed by atoms with Crippen molar-refractivity contribution in [3.05, 3.63) is 41.3 Å². The Morgan fingerprint density at radius 2 is 2.00 bits per heavy atom. The molecule has 2 aromatic rings. The largest absolute Gasteiger partial charge is 0.310 e. The summed E-state index contributed by atoms with van der Waals surface area (Å²) in [5.74, 6) is 0.689. The van der Waals surface area contributed by atoms with Crippen LogP contribution >= 0.6 is 0 Å². The van der Waals surface area contributed by atoms with Gasteiger partial charge in [0, 0.05) is 29.2 Å². The van der Waals surface area contributed by atoms with Gasteiger partial charge in [-0.3, -0.25) is 0 Å². The van der Waals surface area contributed by atoms with Crippen LogP contribution in [0, 0.1) is 13.8 Å². The monoisotopic (exact) mass is 256 g/mol. The van der Waals surface area contributed by atoms with E-state index in [0.29, 0.717) is 5.82 Å². The van der Waals surface area contributed by atoms with Crippen molar-refractivity contribution in [1.29, 1.82) is 0 Å². The molecule has 2 aromatic heterocycles. The maximum absolute atomic E-state index is 4.57. The molecule has 0 aromatic carbocycles. The van der Waals surface area contributed by atoms with Gasteiger partial charge in [0.1, 0.15) is 5.69 Å². The lowest BCUT2D eigenvalue weighted by molar-refractivity contribution is 0.590. The lowest BCUT2D eigenvalue weighted by Crippen LogP contribution is -2.19. The van der Waals surface area contributed by atoms with Gasteiger partial charge in [0.05, 0.1) is 0 Å². The van der Waals surface area contributed by atoms with Crippen molar-refractivity contribution in [2.24, 2.45) is 0 Å². The zero-order chi connectivity index (χ0) is 13.8. The first-order chi connectivity index (χ1) is 9.11. The summed E-state index contributed by atoms with van der Waals surface area (Å²) >= 11 is 0. The van der Waals surface area contributed by atoms with Crippen LogP contribution < -0.4 is 5.32 Å². The molecule has 4 nitrogen and oxygen atoms in total. The first-order valence-electron chi connectivity index (χ1n) is 6.62. The van der Waals surface area contributed by atoms with Crippen molar-refractivity contribution in [3.8, 4) is 11.5 Å². The number of nitrogens with one attached hydrogen (secondary N) is 1. The minimum absolute atomic E-state index is 0.268. The summed E-state index contributed by atoms with van der Waals surface area (Å²) in [4.78, 5) is 13.5. The highest BCUT2D eigenvalue weighted by Gasteiger charge is 2.11. The van der Waals surface area contributed by atoms with E-state index < -0.39 is 0 Å². The molecule has 19 heavy (non-hydrogen) atoms. The number of nitrogens with zero attached hydrogens (tertiary/aromatic N) is 3. The van der Waals surface area contributed by atoms with E-state index >= 15 is 0 Å². The third-order valence-electron chi connectivity index (χ3n) is 3.11. The summed E-state index contributed by atoms with van der Waals surface area (Å²) in [6.45, 7) is 9.14. The van der Waals surface area contributed by atoms with E-state index in [4.69, 9.17) is 0 Å². The molecule has 0 aliphatic carbocycles. The normalized spacial score (nSPS) is 12.4. The third-order valence-corrected chi connectivity index (χ3v) is 3.11. The van der Waals surface area contributed by atoms with Crippen LogP contribution in [0.2, 0.25) is 0 Å². The number of pyridine rings is 1. The van der Waals surface area contributed by atoms with Crippen molar-refractivity contribution in [2.45, 2.75) is 33.7 Å². The Balaban J connectivity index is 2.33. The fourth-order valence-corrected chi connectivity index (χ4v) is 2.11. The van der Waals surface area contributed by atoms with Crippen molar-refractivity contribution < 1.29 is 0 Å². The summed E-state index contributed by atoms with van der Waals surface area (Å²) in [7, 11) is 0. The number of rotatable bonds is 4. The van der Waals surface area contributed by atoms with Gasteiger partial charge in [-0.05, 0) is 39.4 Å². The number of hydrogen-bond acceptors (Lipinski definition) is 4. The standard InChI is InChI=1S/C15H20N4/c1-5-16-11(3)13-9-17-15(19-12(13)4)14-8-6-7-10(2)18-14/h6-9,11,16H,5H2,1-4H3. The third kappa shape index (κ3) is 3.15. The molecular weight excluding hydrogens is 236 g/mol. The number of aromatic nitrogens is 3. The van der Waals surface area contributed by atoms with E-state index in [2.05, 4.69) is 34.1 Å². The van der Waals surface area contributed by atoms with E-state index in [1.54, 1.807) is 0 Å². The molecule has 100 valence electrons. The Bertz CT molecular complexity index is 566. The molecule has 2 heterocycles. The predicted octanol–water partition coefficient (Wildman–Crippen LogP) is 2.83. The smallest absolute Gasteiger partial charge is 0.178 e. The second kappa shape index (κ2) is 5.89. The maximum Gasteiger partial charge on any atom is 0.178 e. The van der Waals surface area contributed by atoms with Crippen molar-refractivity contribution in [3.63, 3.8) is 0 Å². The van der Waals surface area contributed by atoms with Crippen LogP contribution in [0.1, 0.15) is 36.8 Å². The first-order valence-corrected chi connectivity index (χ1v) is 6.62. The quantitative estimate of drug-likeness (QED) is 0.914. The average Bonchev–Trinajstić information content (AvgIpc) is 2.38. The predicted molar refractivity (Wildman–Crippen MR) is 76.8 cm³/mol. The van der Waals surface area contributed by atoms with Crippen LogP contribution in [0.5, 0.6) is 0 Å². The summed E-state index contributed by atoms with van der Waals surface area (Å²) in [6, 6.07) is 6.16. The molecule has 2 rings (SSSR count). The van der Waals surface area contributed by atoms with E-state index in [1.165, 1.54) is 0 Å². The van der Waals surface area contributed by atoms with Crippen LogP contribution in [0.25, 0.3) is 11.5 Å².